The Morgan fingerprint density at radius 1 is 1.12 bits per heavy atom. The van der Waals surface area contributed by atoms with Crippen LogP contribution in [0.2, 0.25) is 0 Å². The third kappa shape index (κ3) is 5.31. The summed E-state index contributed by atoms with van der Waals surface area (Å²) in [7, 11) is 1.57. The molecular weight excluding hydrogens is 318 g/mol. The monoisotopic (exact) mass is 341 g/mol. The summed E-state index contributed by atoms with van der Waals surface area (Å²) in [4.78, 5) is 29.0. The summed E-state index contributed by atoms with van der Waals surface area (Å²) in [5.41, 5.74) is 1.24. The molecule has 2 aromatic rings. The summed E-state index contributed by atoms with van der Waals surface area (Å²) in [6.07, 6.45) is 1.67. The number of rotatable bonds is 7. The Hall–Kier alpha value is -2.89. The average molecular weight is 341 g/mol. The number of nitrogens with zero attached hydrogens (tertiary/aromatic N) is 1. The zero-order valence-corrected chi connectivity index (χ0v) is 14.7. The molecule has 2 rings (SSSR count). The van der Waals surface area contributed by atoms with Gasteiger partial charge in [0.15, 0.2) is 0 Å². The number of benzene rings is 1. The normalized spacial score (nSPS) is 11.7. The molecule has 1 aromatic heterocycles. The Labute approximate surface area is 147 Å². The lowest BCUT2D eigenvalue weighted by molar-refractivity contribution is -0.124. The van der Waals surface area contributed by atoms with E-state index in [-0.39, 0.29) is 17.7 Å². The molecular formula is C19H23N3O3. The van der Waals surface area contributed by atoms with Gasteiger partial charge in [0.2, 0.25) is 5.91 Å². The van der Waals surface area contributed by atoms with Crippen molar-refractivity contribution in [3.8, 4) is 5.75 Å². The average Bonchev–Trinajstić information content (AvgIpc) is 2.64. The van der Waals surface area contributed by atoms with Crippen LogP contribution >= 0.6 is 0 Å². The molecule has 1 atom stereocenters. The summed E-state index contributed by atoms with van der Waals surface area (Å²) in [6.45, 7) is 4.10. The van der Waals surface area contributed by atoms with Crippen LogP contribution in [0.3, 0.4) is 0 Å². The van der Waals surface area contributed by atoms with Crippen LogP contribution in [0.4, 0.5) is 0 Å². The van der Waals surface area contributed by atoms with Crippen molar-refractivity contribution < 1.29 is 14.3 Å². The maximum atomic E-state index is 12.5. The van der Waals surface area contributed by atoms with Gasteiger partial charge in [0.25, 0.3) is 5.91 Å². The number of pyridine rings is 1. The van der Waals surface area contributed by atoms with Gasteiger partial charge in [0, 0.05) is 11.8 Å². The van der Waals surface area contributed by atoms with Crippen molar-refractivity contribution >= 4 is 11.8 Å². The molecule has 0 spiro atoms. The number of carbonyl (C=O) groups is 2. The number of methoxy groups -OCH3 is 1. The molecule has 6 nitrogen and oxygen atoms in total. The molecule has 0 saturated heterocycles. The van der Waals surface area contributed by atoms with Crippen molar-refractivity contribution in [2.24, 2.45) is 5.92 Å². The van der Waals surface area contributed by atoms with Crippen molar-refractivity contribution in [1.29, 1.82) is 0 Å². The second-order valence-electron chi connectivity index (χ2n) is 5.96. The van der Waals surface area contributed by atoms with Gasteiger partial charge in [-0.2, -0.15) is 0 Å². The van der Waals surface area contributed by atoms with Crippen molar-refractivity contribution in [3.05, 3.63) is 59.9 Å². The molecule has 0 bridgehead atoms. The van der Waals surface area contributed by atoms with E-state index < -0.39 is 6.04 Å². The van der Waals surface area contributed by atoms with Gasteiger partial charge in [-0.05, 0) is 42.3 Å². The third-order valence-electron chi connectivity index (χ3n) is 3.76. The number of ether oxygens (including phenoxy) is 1. The van der Waals surface area contributed by atoms with Gasteiger partial charge >= 0.3 is 0 Å². The maximum absolute atomic E-state index is 12.5. The Morgan fingerprint density at radius 3 is 2.40 bits per heavy atom. The quantitative estimate of drug-likeness (QED) is 0.809. The van der Waals surface area contributed by atoms with E-state index in [0.717, 1.165) is 5.69 Å². The Balaban J connectivity index is 1.98. The SMILES string of the molecule is COc1ccc(C(=O)N[C@@H](C(=O)NCc2ccccn2)C(C)C)cc1. The minimum Gasteiger partial charge on any atom is -0.497 e. The van der Waals surface area contributed by atoms with Gasteiger partial charge in [0.05, 0.1) is 19.3 Å². The summed E-state index contributed by atoms with van der Waals surface area (Å²) < 4.78 is 5.08. The van der Waals surface area contributed by atoms with E-state index in [4.69, 9.17) is 4.74 Å². The van der Waals surface area contributed by atoms with Crippen LogP contribution in [-0.2, 0) is 11.3 Å². The van der Waals surface area contributed by atoms with Gasteiger partial charge in [-0.3, -0.25) is 14.6 Å². The highest BCUT2D eigenvalue weighted by Crippen LogP contribution is 2.12. The van der Waals surface area contributed by atoms with Crippen LogP contribution in [0, 0.1) is 5.92 Å². The minimum absolute atomic E-state index is 0.0501. The largest absolute Gasteiger partial charge is 0.497 e. The molecule has 1 aromatic carbocycles. The Kier molecular flexibility index (Phi) is 6.51. The number of amides is 2. The molecule has 6 heteroatoms. The van der Waals surface area contributed by atoms with Crippen LogP contribution in [0.5, 0.6) is 5.75 Å². The first-order chi connectivity index (χ1) is 12.0. The number of carbonyl (C=O) groups excluding carboxylic acids is 2. The molecule has 0 fully saturated rings. The molecule has 0 aliphatic heterocycles. The molecule has 0 aliphatic carbocycles. The number of hydrogen-bond donors (Lipinski definition) is 2. The molecule has 0 unspecified atom stereocenters. The lowest BCUT2D eigenvalue weighted by Gasteiger charge is -2.21. The standard InChI is InChI=1S/C19H23N3O3/c1-13(2)17(19(24)21-12-15-6-4-5-11-20-15)22-18(23)14-7-9-16(25-3)10-8-14/h4-11,13,17H,12H2,1-3H3,(H,21,24)(H,22,23)/t17-/m1/s1. The fraction of sp³-hybridized carbons (Fsp3) is 0.316. The maximum Gasteiger partial charge on any atom is 0.251 e. The third-order valence-corrected chi connectivity index (χ3v) is 3.76. The molecule has 25 heavy (non-hydrogen) atoms. The lowest BCUT2D eigenvalue weighted by Crippen LogP contribution is -2.49. The molecule has 0 saturated carbocycles. The van der Waals surface area contributed by atoms with Gasteiger partial charge < -0.3 is 15.4 Å². The van der Waals surface area contributed by atoms with Gasteiger partial charge in [-0.15, -0.1) is 0 Å². The first-order valence-corrected chi connectivity index (χ1v) is 8.13. The second kappa shape index (κ2) is 8.82. The summed E-state index contributed by atoms with van der Waals surface area (Å²) >= 11 is 0. The topological polar surface area (TPSA) is 80.3 Å². The zero-order chi connectivity index (χ0) is 18.2. The Morgan fingerprint density at radius 2 is 1.84 bits per heavy atom. The minimum atomic E-state index is -0.627. The molecule has 0 radical (unpaired) electrons. The van der Waals surface area contributed by atoms with Crippen LogP contribution in [0.25, 0.3) is 0 Å². The molecule has 0 aliphatic rings. The highest BCUT2D eigenvalue weighted by molar-refractivity contribution is 5.97. The number of nitrogens with one attached hydrogen (secondary N) is 2. The van der Waals surface area contributed by atoms with Crippen LogP contribution < -0.4 is 15.4 Å². The summed E-state index contributed by atoms with van der Waals surface area (Å²) in [5, 5.41) is 5.61. The van der Waals surface area contributed by atoms with E-state index in [1.165, 1.54) is 0 Å². The number of aromatic nitrogens is 1. The first-order valence-electron chi connectivity index (χ1n) is 8.13. The van der Waals surface area contributed by atoms with Crippen molar-refractivity contribution in [2.75, 3.05) is 7.11 Å². The van der Waals surface area contributed by atoms with Crippen LogP contribution in [-0.4, -0.2) is 29.9 Å². The van der Waals surface area contributed by atoms with E-state index in [0.29, 0.717) is 17.9 Å². The first kappa shape index (κ1) is 18.4. The fourth-order valence-corrected chi connectivity index (χ4v) is 2.29. The van der Waals surface area contributed by atoms with Crippen molar-refractivity contribution in [3.63, 3.8) is 0 Å². The van der Waals surface area contributed by atoms with Crippen molar-refractivity contribution in [1.82, 2.24) is 15.6 Å². The van der Waals surface area contributed by atoms with E-state index >= 15 is 0 Å². The fourth-order valence-electron chi connectivity index (χ4n) is 2.29. The highest BCUT2D eigenvalue weighted by atomic mass is 16.5. The smallest absolute Gasteiger partial charge is 0.251 e. The Bertz CT molecular complexity index is 700. The molecule has 1 heterocycles. The lowest BCUT2D eigenvalue weighted by atomic mass is 10.0. The number of hydrogen-bond acceptors (Lipinski definition) is 4. The van der Waals surface area contributed by atoms with Gasteiger partial charge in [-0.1, -0.05) is 19.9 Å². The van der Waals surface area contributed by atoms with Gasteiger partial charge in [-0.25, -0.2) is 0 Å². The van der Waals surface area contributed by atoms with Gasteiger partial charge in [0.1, 0.15) is 11.8 Å². The van der Waals surface area contributed by atoms with Crippen LogP contribution in [0.15, 0.2) is 48.7 Å². The summed E-state index contributed by atoms with van der Waals surface area (Å²) in [5.74, 6) is 0.0906. The zero-order valence-electron chi connectivity index (χ0n) is 14.7. The van der Waals surface area contributed by atoms with E-state index in [2.05, 4.69) is 15.6 Å². The predicted octanol–water partition coefficient (Wildman–Crippen LogP) is 2.16. The van der Waals surface area contributed by atoms with Crippen molar-refractivity contribution in [2.45, 2.75) is 26.4 Å². The molecule has 2 amide bonds. The molecule has 2 N–H and O–H groups in total. The van der Waals surface area contributed by atoms with E-state index in [1.807, 2.05) is 32.0 Å². The summed E-state index contributed by atoms with van der Waals surface area (Å²) in [6, 6.07) is 11.6. The van der Waals surface area contributed by atoms with E-state index in [1.54, 1.807) is 37.6 Å². The highest BCUT2D eigenvalue weighted by Gasteiger charge is 2.24. The second-order valence-corrected chi connectivity index (χ2v) is 5.96. The predicted molar refractivity (Wildman–Crippen MR) is 95.2 cm³/mol. The van der Waals surface area contributed by atoms with Crippen LogP contribution in [0.1, 0.15) is 29.9 Å². The molecule has 132 valence electrons. The van der Waals surface area contributed by atoms with E-state index in [9.17, 15) is 9.59 Å².